The van der Waals surface area contributed by atoms with E-state index in [1.165, 1.54) is 12.8 Å². The van der Waals surface area contributed by atoms with Crippen LogP contribution in [0.2, 0.25) is 0 Å². The first-order chi connectivity index (χ1) is 13.1. The molecule has 138 valence electrons. The van der Waals surface area contributed by atoms with Gasteiger partial charge in [-0.3, -0.25) is 4.79 Å². The molecule has 5 heteroatoms. The SMILES string of the molecule is Cc1cc(C#CC2CC2)ccc1C(=O)Nc1ccc2c(c1)OCC(CO)N2. The van der Waals surface area contributed by atoms with Gasteiger partial charge >= 0.3 is 0 Å². The van der Waals surface area contributed by atoms with Gasteiger partial charge in [-0.2, -0.15) is 0 Å². The molecule has 0 radical (unpaired) electrons. The van der Waals surface area contributed by atoms with E-state index in [0.29, 0.717) is 29.5 Å². The van der Waals surface area contributed by atoms with Crippen LogP contribution in [0.1, 0.15) is 34.3 Å². The molecule has 2 aromatic rings. The lowest BCUT2D eigenvalue weighted by Gasteiger charge is -2.26. The summed E-state index contributed by atoms with van der Waals surface area (Å²) in [6, 6.07) is 11.0. The second-order valence-corrected chi connectivity index (χ2v) is 7.07. The molecule has 1 saturated carbocycles. The van der Waals surface area contributed by atoms with E-state index in [2.05, 4.69) is 22.5 Å². The van der Waals surface area contributed by atoms with E-state index in [4.69, 9.17) is 4.74 Å². The molecule has 4 rings (SSSR count). The van der Waals surface area contributed by atoms with E-state index in [1.807, 2.05) is 37.3 Å². The highest BCUT2D eigenvalue weighted by Gasteiger charge is 2.19. The number of aliphatic hydroxyl groups excluding tert-OH is 1. The Hall–Kier alpha value is -2.97. The number of fused-ring (bicyclic) bond motifs is 1. The number of aryl methyl sites for hydroxylation is 1. The Morgan fingerprint density at radius 3 is 2.89 bits per heavy atom. The van der Waals surface area contributed by atoms with Crippen molar-refractivity contribution in [2.24, 2.45) is 5.92 Å². The number of anilines is 2. The molecule has 1 fully saturated rings. The number of hydrogen-bond donors (Lipinski definition) is 3. The summed E-state index contributed by atoms with van der Waals surface area (Å²) in [4.78, 5) is 12.7. The molecule has 3 N–H and O–H groups in total. The van der Waals surface area contributed by atoms with Crippen LogP contribution >= 0.6 is 0 Å². The number of ether oxygens (including phenoxy) is 1. The predicted molar refractivity (Wildman–Crippen MR) is 105 cm³/mol. The van der Waals surface area contributed by atoms with Gasteiger partial charge in [0.25, 0.3) is 5.91 Å². The van der Waals surface area contributed by atoms with Gasteiger partial charge in [-0.15, -0.1) is 0 Å². The van der Waals surface area contributed by atoms with Crippen molar-refractivity contribution in [3.8, 4) is 17.6 Å². The average molecular weight is 362 g/mol. The Bertz CT molecular complexity index is 938. The predicted octanol–water partition coefficient (Wildman–Crippen LogP) is 3.17. The minimum Gasteiger partial charge on any atom is -0.489 e. The van der Waals surface area contributed by atoms with Crippen LogP contribution in [0.15, 0.2) is 36.4 Å². The molecule has 0 saturated heterocycles. The van der Waals surface area contributed by atoms with Crippen molar-refractivity contribution in [1.29, 1.82) is 0 Å². The van der Waals surface area contributed by atoms with Crippen molar-refractivity contribution in [2.45, 2.75) is 25.8 Å². The molecule has 1 amide bonds. The van der Waals surface area contributed by atoms with Crippen LogP contribution < -0.4 is 15.4 Å². The summed E-state index contributed by atoms with van der Waals surface area (Å²) in [6.07, 6.45) is 2.40. The Morgan fingerprint density at radius 1 is 1.30 bits per heavy atom. The second-order valence-electron chi connectivity index (χ2n) is 7.07. The van der Waals surface area contributed by atoms with E-state index in [9.17, 15) is 9.90 Å². The third-order valence-corrected chi connectivity index (χ3v) is 4.73. The summed E-state index contributed by atoms with van der Waals surface area (Å²) in [6.45, 7) is 2.33. The van der Waals surface area contributed by atoms with Gasteiger partial charge in [-0.25, -0.2) is 0 Å². The maximum absolute atomic E-state index is 12.7. The van der Waals surface area contributed by atoms with E-state index in [0.717, 1.165) is 16.8 Å². The Morgan fingerprint density at radius 2 is 2.15 bits per heavy atom. The smallest absolute Gasteiger partial charge is 0.255 e. The van der Waals surface area contributed by atoms with Crippen molar-refractivity contribution in [3.63, 3.8) is 0 Å². The fourth-order valence-corrected chi connectivity index (χ4v) is 3.00. The van der Waals surface area contributed by atoms with Crippen molar-refractivity contribution >= 4 is 17.3 Å². The van der Waals surface area contributed by atoms with Gasteiger partial charge < -0.3 is 20.5 Å². The second kappa shape index (κ2) is 7.34. The minimum atomic E-state index is -0.161. The first kappa shape index (κ1) is 17.4. The summed E-state index contributed by atoms with van der Waals surface area (Å²) in [5, 5.41) is 15.3. The molecule has 5 nitrogen and oxygen atoms in total. The number of rotatable bonds is 3. The first-order valence-corrected chi connectivity index (χ1v) is 9.20. The van der Waals surface area contributed by atoms with Gasteiger partial charge in [0.05, 0.1) is 18.3 Å². The standard InChI is InChI=1S/C22H22N2O3/c1-14-10-16(5-4-15-2-3-15)6-8-19(14)22(26)24-17-7-9-20-21(11-17)27-13-18(12-25)23-20/h6-11,15,18,23,25H,2-3,12-13H2,1H3,(H,24,26). The van der Waals surface area contributed by atoms with Crippen LogP contribution in [0.25, 0.3) is 0 Å². The maximum atomic E-state index is 12.7. The molecule has 2 aliphatic rings. The van der Waals surface area contributed by atoms with Gasteiger partial charge in [0.2, 0.25) is 0 Å². The number of amides is 1. The van der Waals surface area contributed by atoms with Gasteiger partial charge in [0.1, 0.15) is 12.4 Å². The number of carbonyl (C=O) groups excluding carboxylic acids is 1. The number of aliphatic hydroxyl groups is 1. The number of carbonyl (C=O) groups is 1. The fraction of sp³-hybridized carbons (Fsp3) is 0.318. The van der Waals surface area contributed by atoms with E-state index in [-0.39, 0.29) is 18.6 Å². The van der Waals surface area contributed by atoms with Gasteiger partial charge in [0.15, 0.2) is 0 Å². The Labute approximate surface area is 158 Å². The normalized spacial score (nSPS) is 17.6. The monoisotopic (exact) mass is 362 g/mol. The highest BCUT2D eigenvalue weighted by atomic mass is 16.5. The number of hydrogen-bond acceptors (Lipinski definition) is 4. The molecule has 1 aliphatic heterocycles. The lowest BCUT2D eigenvalue weighted by Crippen LogP contribution is -2.34. The lowest BCUT2D eigenvalue weighted by molar-refractivity contribution is 0.102. The average Bonchev–Trinajstić information content (AvgIpc) is 3.50. The maximum Gasteiger partial charge on any atom is 0.255 e. The summed E-state index contributed by atoms with van der Waals surface area (Å²) < 4.78 is 5.66. The van der Waals surface area contributed by atoms with Gasteiger partial charge in [-0.05, 0) is 55.7 Å². The van der Waals surface area contributed by atoms with Crippen molar-refractivity contribution in [1.82, 2.24) is 0 Å². The third kappa shape index (κ3) is 4.07. The highest BCUT2D eigenvalue weighted by molar-refractivity contribution is 6.05. The largest absolute Gasteiger partial charge is 0.489 e. The molecule has 1 heterocycles. The minimum absolute atomic E-state index is 0.0121. The topological polar surface area (TPSA) is 70.6 Å². The summed E-state index contributed by atoms with van der Waals surface area (Å²) in [7, 11) is 0. The zero-order valence-corrected chi connectivity index (χ0v) is 15.2. The van der Waals surface area contributed by atoms with Crippen LogP contribution in [0.5, 0.6) is 5.75 Å². The van der Waals surface area contributed by atoms with Crippen molar-refractivity contribution < 1.29 is 14.6 Å². The van der Waals surface area contributed by atoms with Crippen molar-refractivity contribution in [3.05, 3.63) is 53.1 Å². The third-order valence-electron chi connectivity index (χ3n) is 4.73. The van der Waals surface area contributed by atoms with Gasteiger partial charge in [0, 0.05) is 28.8 Å². The molecule has 1 aliphatic carbocycles. The molecular weight excluding hydrogens is 340 g/mol. The molecule has 1 atom stereocenters. The Kier molecular flexibility index (Phi) is 4.74. The van der Waals surface area contributed by atoms with Crippen molar-refractivity contribution in [2.75, 3.05) is 23.8 Å². The van der Waals surface area contributed by atoms with Crippen LogP contribution in [-0.2, 0) is 0 Å². The summed E-state index contributed by atoms with van der Waals surface area (Å²) in [5.74, 6) is 7.48. The van der Waals surface area contributed by atoms with E-state index in [1.54, 1.807) is 6.07 Å². The van der Waals surface area contributed by atoms with Crippen LogP contribution in [-0.4, -0.2) is 30.3 Å². The number of nitrogens with one attached hydrogen (secondary N) is 2. The van der Waals surface area contributed by atoms with Gasteiger partial charge in [-0.1, -0.05) is 11.8 Å². The van der Waals surface area contributed by atoms with E-state index < -0.39 is 0 Å². The van der Waals surface area contributed by atoms with Crippen LogP contribution in [0, 0.1) is 24.7 Å². The molecule has 0 spiro atoms. The molecule has 0 bridgehead atoms. The summed E-state index contributed by atoms with van der Waals surface area (Å²) >= 11 is 0. The zero-order chi connectivity index (χ0) is 18.8. The van der Waals surface area contributed by atoms with Crippen LogP contribution in [0.4, 0.5) is 11.4 Å². The molecule has 1 unspecified atom stereocenters. The van der Waals surface area contributed by atoms with E-state index >= 15 is 0 Å². The molecular formula is C22H22N2O3. The Balaban J connectivity index is 1.47. The summed E-state index contributed by atoms with van der Waals surface area (Å²) in [5.41, 5.74) is 3.96. The van der Waals surface area contributed by atoms with Crippen LogP contribution in [0.3, 0.4) is 0 Å². The lowest BCUT2D eigenvalue weighted by atomic mass is 10.0. The first-order valence-electron chi connectivity index (χ1n) is 9.20. The molecule has 2 aromatic carbocycles. The molecule has 27 heavy (non-hydrogen) atoms. The quantitative estimate of drug-likeness (QED) is 0.734. The molecule has 0 aromatic heterocycles. The fourth-order valence-electron chi connectivity index (χ4n) is 3.00. The highest BCUT2D eigenvalue weighted by Crippen LogP contribution is 2.32. The number of benzene rings is 2. The zero-order valence-electron chi connectivity index (χ0n) is 15.2.